The number of carbonyl (C=O) groups is 2. The van der Waals surface area contributed by atoms with Gasteiger partial charge in [0.25, 0.3) is 0 Å². The minimum absolute atomic E-state index is 0.123. The number of pyridine rings is 1. The Morgan fingerprint density at radius 3 is 2.71 bits per heavy atom. The van der Waals surface area contributed by atoms with Gasteiger partial charge in [0.15, 0.2) is 0 Å². The summed E-state index contributed by atoms with van der Waals surface area (Å²) in [6, 6.07) is 3.03. The number of hydrogen-bond acceptors (Lipinski definition) is 5. The number of thioether (sulfide) groups is 1. The van der Waals surface area contributed by atoms with Gasteiger partial charge < -0.3 is 9.84 Å². The first-order chi connectivity index (χ1) is 8.04. The maximum Gasteiger partial charge on any atom is 0.337 e. The zero-order valence-electron chi connectivity index (χ0n) is 9.54. The number of carboxylic acid groups (broad SMARTS) is 1. The van der Waals surface area contributed by atoms with Crippen molar-refractivity contribution >= 4 is 23.7 Å². The molecule has 0 radical (unpaired) electrons. The van der Waals surface area contributed by atoms with Crippen LogP contribution in [0.4, 0.5) is 0 Å². The van der Waals surface area contributed by atoms with E-state index in [9.17, 15) is 9.59 Å². The molecule has 0 spiro atoms. The molecule has 0 aliphatic heterocycles. The van der Waals surface area contributed by atoms with Gasteiger partial charge in [0.2, 0.25) is 0 Å². The predicted octanol–water partition coefficient (Wildman–Crippen LogP) is 1.82. The van der Waals surface area contributed by atoms with E-state index in [0.717, 1.165) is 0 Å². The van der Waals surface area contributed by atoms with Gasteiger partial charge in [0.1, 0.15) is 5.25 Å². The first-order valence-electron chi connectivity index (χ1n) is 5.07. The van der Waals surface area contributed by atoms with Crippen molar-refractivity contribution in [3.05, 3.63) is 23.9 Å². The number of aromatic carboxylic acids is 1. The summed E-state index contributed by atoms with van der Waals surface area (Å²) >= 11 is 1.23. The first-order valence-corrected chi connectivity index (χ1v) is 5.95. The zero-order chi connectivity index (χ0) is 12.8. The molecule has 0 amide bonds. The van der Waals surface area contributed by atoms with Gasteiger partial charge in [0, 0.05) is 6.20 Å². The number of ether oxygens (including phenoxy) is 1. The van der Waals surface area contributed by atoms with Crippen LogP contribution in [0.2, 0.25) is 0 Å². The fourth-order valence-electron chi connectivity index (χ4n) is 1.07. The van der Waals surface area contributed by atoms with E-state index >= 15 is 0 Å². The van der Waals surface area contributed by atoms with Gasteiger partial charge in [-0.1, -0.05) is 11.8 Å². The second-order valence-corrected chi connectivity index (χ2v) is 4.56. The summed E-state index contributed by atoms with van der Waals surface area (Å²) in [6.45, 7) is 3.81. The van der Waals surface area contributed by atoms with Gasteiger partial charge >= 0.3 is 11.9 Å². The smallest absolute Gasteiger partial charge is 0.337 e. The van der Waals surface area contributed by atoms with Crippen molar-refractivity contribution in [2.24, 2.45) is 0 Å². The van der Waals surface area contributed by atoms with Crippen LogP contribution in [0.3, 0.4) is 0 Å². The van der Waals surface area contributed by atoms with Crippen LogP contribution in [0.15, 0.2) is 23.4 Å². The Bertz CT molecular complexity index is 404. The van der Waals surface area contributed by atoms with Crippen molar-refractivity contribution in [1.29, 1.82) is 0 Å². The topological polar surface area (TPSA) is 76.5 Å². The summed E-state index contributed by atoms with van der Waals surface area (Å²) in [4.78, 5) is 25.9. The quantitative estimate of drug-likeness (QED) is 0.639. The van der Waals surface area contributed by atoms with Crippen molar-refractivity contribution < 1.29 is 19.4 Å². The van der Waals surface area contributed by atoms with Crippen LogP contribution >= 0.6 is 11.8 Å². The SMILES string of the molecule is CCOC(=O)[C@H](C)Sc1ccc(C(=O)O)cn1. The van der Waals surface area contributed by atoms with Crippen LogP contribution in [0.25, 0.3) is 0 Å². The fourth-order valence-corrected chi connectivity index (χ4v) is 1.85. The number of rotatable bonds is 5. The van der Waals surface area contributed by atoms with E-state index in [1.54, 1.807) is 19.9 Å². The van der Waals surface area contributed by atoms with Gasteiger partial charge in [-0.05, 0) is 26.0 Å². The van der Waals surface area contributed by atoms with Crippen molar-refractivity contribution in [2.45, 2.75) is 24.1 Å². The summed E-state index contributed by atoms with van der Waals surface area (Å²) in [6.07, 6.45) is 1.27. The van der Waals surface area contributed by atoms with Gasteiger partial charge in [-0.2, -0.15) is 0 Å². The molecular formula is C11H13NO4S. The van der Waals surface area contributed by atoms with Crippen LogP contribution in [-0.4, -0.2) is 33.9 Å². The molecule has 0 aliphatic carbocycles. The third-order valence-corrected chi connectivity index (χ3v) is 2.93. The lowest BCUT2D eigenvalue weighted by molar-refractivity contribution is -0.142. The van der Waals surface area contributed by atoms with Crippen molar-refractivity contribution in [1.82, 2.24) is 4.98 Å². The van der Waals surface area contributed by atoms with E-state index in [2.05, 4.69) is 4.98 Å². The number of aromatic nitrogens is 1. The van der Waals surface area contributed by atoms with E-state index < -0.39 is 5.97 Å². The Balaban J connectivity index is 2.63. The Morgan fingerprint density at radius 2 is 2.24 bits per heavy atom. The van der Waals surface area contributed by atoms with Crippen molar-refractivity contribution in [2.75, 3.05) is 6.61 Å². The van der Waals surface area contributed by atoms with Crippen molar-refractivity contribution in [3.63, 3.8) is 0 Å². The minimum Gasteiger partial charge on any atom is -0.478 e. The molecule has 1 heterocycles. The van der Waals surface area contributed by atoms with Gasteiger partial charge in [-0.25, -0.2) is 9.78 Å². The maximum atomic E-state index is 11.4. The standard InChI is InChI=1S/C11H13NO4S/c1-3-16-11(15)7(2)17-9-5-4-8(6-12-9)10(13)14/h4-7H,3H2,1-2H3,(H,13,14)/t7-/m0/s1. The van der Waals surface area contributed by atoms with Gasteiger partial charge in [-0.3, -0.25) is 4.79 Å². The third kappa shape index (κ3) is 4.07. The minimum atomic E-state index is -1.02. The number of carboxylic acids is 1. The predicted molar refractivity (Wildman–Crippen MR) is 63.1 cm³/mol. The Kier molecular flexibility index (Phi) is 4.96. The van der Waals surface area contributed by atoms with Crippen LogP contribution in [0.1, 0.15) is 24.2 Å². The molecule has 0 saturated carbocycles. The Labute approximate surface area is 103 Å². The summed E-state index contributed by atoms with van der Waals surface area (Å²) in [5, 5.41) is 8.93. The molecule has 1 aromatic rings. The molecule has 1 rings (SSSR count). The van der Waals surface area contributed by atoms with Crippen molar-refractivity contribution in [3.8, 4) is 0 Å². The Hall–Kier alpha value is -1.56. The molecule has 17 heavy (non-hydrogen) atoms. The molecule has 0 aromatic carbocycles. The molecule has 6 heteroatoms. The van der Waals surface area contributed by atoms with E-state index in [1.165, 1.54) is 24.0 Å². The highest BCUT2D eigenvalue weighted by Gasteiger charge is 2.16. The highest BCUT2D eigenvalue weighted by atomic mass is 32.2. The molecule has 0 fully saturated rings. The second kappa shape index (κ2) is 6.24. The van der Waals surface area contributed by atoms with E-state index in [1.807, 2.05) is 0 Å². The average Bonchev–Trinajstić information content (AvgIpc) is 2.30. The van der Waals surface area contributed by atoms with Crippen LogP contribution < -0.4 is 0 Å². The molecule has 1 atom stereocenters. The molecule has 0 saturated heterocycles. The van der Waals surface area contributed by atoms with E-state index in [0.29, 0.717) is 11.6 Å². The zero-order valence-corrected chi connectivity index (χ0v) is 10.4. The molecular weight excluding hydrogens is 242 g/mol. The van der Waals surface area contributed by atoms with Gasteiger partial charge in [-0.15, -0.1) is 0 Å². The molecule has 0 bridgehead atoms. The molecule has 0 aliphatic rings. The number of esters is 1. The summed E-state index contributed by atoms with van der Waals surface area (Å²) < 4.78 is 4.86. The lowest BCUT2D eigenvalue weighted by Crippen LogP contribution is -2.16. The first kappa shape index (κ1) is 13.5. The lowest BCUT2D eigenvalue weighted by Gasteiger charge is -2.09. The highest BCUT2D eigenvalue weighted by Crippen LogP contribution is 2.21. The maximum absolute atomic E-state index is 11.4. The number of nitrogens with zero attached hydrogens (tertiary/aromatic N) is 1. The molecule has 5 nitrogen and oxygen atoms in total. The largest absolute Gasteiger partial charge is 0.478 e. The monoisotopic (exact) mass is 255 g/mol. The Morgan fingerprint density at radius 1 is 1.53 bits per heavy atom. The highest BCUT2D eigenvalue weighted by molar-refractivity contribution is 8.00. The lowest BCUT2D eigenvalue weighted by atomic mass is 10.3. The summed E-state index contributed by atoms with van der Waals surface area (Å²) in [5.74, 6) is -1.32. The molecule has 1 aromatic heterocycles. The summed E-state index contributed by atoms with van der Waals surface area (Å²) in [7, 11) is 0. The van der Waals surface area contributed by atoms with Gasteiger partial charge in [0.05, 0.1) is 17.2 Å². The number of carbonyl (C=O) groups excluding carboxylic acids is 1. The average molecular weight is 255 g/mol. The number of hydrogen-bond donors (Lipinski definition) is 1. The molecule has 92 valence electrons. The van der Waals surface area contributed by atoms with Crippen LogP contribution in [0.5, 0.6) is 0 Å². The normalized spacial score (nSPS) is 11.9. The fraction of sp³-hybridized carbons (Fsp3) is 0.364. The second-order valence-electron chi connectivity index (χ2n) is 3.20. The van der Waals surface area contributed by atoms with Crippen LogP contribution in [-0.2, 0) is 9.53 Å². The third-order valence-electron chi connectivity index (χ3n) is 1.90. The van der Waals surface area contributed by atoms with E-state index in [4.69, 9.17) is 9.84 Å². The van der Waals surface area contributed by atoms with Crippen LogP contribution in [0, 0.1) is 0 Å². The molecule has 1 N–H and O–H groups in total. The van der Waals surface area contributed by atoms with E-state index in [-0.39, 0.29) is 16.8 Å². The molecule has 0 unspecified atom stereocenters. The summed E-state index contributed by atoms with van der Waals surface area (Å²) in [5.41, 5.74) is 0.123.